The normalized spacial score (nSPS) is 14.6. The van der Waals surface area contributed by atoms with E-state index in [0.717, 1.165) is 24.5 Å². The quantitative estimate of drug-likeness (QED) is 0.314. The van der Waals surface area contributed by atoms with Gasteiger partial charge in [0.2, 0.25) is 5.91 Å². The van der Waals surface area contributed by atoms with E-state index >= 15 is 0 Å². The van der Waals surface area contributed by atoms with Gasteiger partial charge in [0, 0.05) is 81.2 Å². The molecule has 3 heterocycles. The Bertz CT molecular complexity index is 1150. The van der Waals surface area contributed by atoms with Gasteiger partial charge in [0.05, 0.1) is 10.6 Å². The molecule has 0 unspecified atom stereocenters. The smallest absolute Gasteiger partial charge is 0.269 e. The number of fused-ring (bicyclic) bond motifs is 1. The maximum absolute atomic E-state index is 12.5. The lowest BCUT2D eigenvalue weighted by molar-refractivity contribution is -0.384. The fourth-order valence-corrected chi connectivity index (χ4v) is 4.42. The lowest BCUT2D eigenvalue weighted by atomic mass is 10.2. The number of nitro groups is 1. The van der Waals surface area contributed by atoms with E-state index in [4.69, 9.17) is 0 Å². The summed E-state index contributed by atoms with van der Waals surface area (Å²) in [5, 5.41) is 15.7. The van der Waals surface area contributed by atoms with Gasteiger partial charge >= 0.3 is 0 Å². The molecule has 1 N–H and O–H groups in total. The van der Waals surface area contributed by atoms with Gasteiger partial charge in [0.25, 0.3) is 11.2 Å². The van der Waals surface area contributed by atoms with Gasteiger partial charge in [0.15, 0.2) is 4.96 Å². The van der Waals surface area contributed by atoms with Gasteiger partial charge in [-0.1, -0.05) is 0 Å². The largest absolute Gasteiger partial charge is 0.385 e. The summed E-state index contributed by atoms with van der Waals surface area (Å²) >= 11 is 1.44. The van der Waals surface area contributed by atoms with E-state index in [2.05, 4.69) is 15.2 Å². The summed E-state index contributed by atoms with van der Waals surface area (Å²) in [5.41, 5.74) is 1.54. The number of non-ortho nitro benzene ring substituents is 1. The minimum Gasteiger partial charge on any atom is -0.385 e. The molecule has 0 aliphatic carbocycles. The van der Waals surface area contributed by atoms with Gasteiger partial charge in [-0.3, -0.25) is 29.0 Å². The van der Waals surface area contributed by atoms with Gasteiger partial charge in [0.1, 0.15) is 0 Å². The predicted octanol–water partition coefficient (Wildman–Crippen LogP) is 2.20. The van der Waals surface area contributed by atoms with Gasteiger partial charge in [-0.2, -0.15) is 0 Å². The third-order valence-corrected chi connectivity index (χ3v) is 6.20. The molecular weight excluding hydrogens is 432 g/mol. The van der Waals surface area contributed by atoms with Crippen LogP contribution in [0.25, 0.3) is 4.96 Å². The topological polar surface area (TPSA) is 113 Å². The van der Waals surface area contributed by atoms with Crippen molar-refractivity contribution in [2.45, 2.75) is 19.4 Å². The standard InChI is InChI=1S/C21H24N6O4S/c28-19(2-1-7-22-16-3-5-18(6-4-16)27(30)31)25-10-8-24(9-11-25)15-17-14-20(29)26-12-13-32-21(26)23-17/h3-6,12-14,22H,1-2,7-11,15H2. The lowest BCUT2D eigenvalue weighted by Crippen LogP contribution is -2.48. The zero-order valence-corrected chi connectivity index (χ0v) is 18.3. The molecule has 3 aromatic rings. The van der Waals surface area contributed by atoms with Crippen LogP contribution in [0.3, 0.4) is 0 Å². The molecule has 10 nitrogen and oxygen atoms in total. The SMILES string of the molecule is O=C(CCCNc1ccc([N+](=O)[O-])cc1)N1CCN(Cc2cc(=O)n3ccsc3n2)CC1. The van der Waals surface area contributed by atoms with Crippen molar-refractivity contribution < 1.29 is 9.72 Å². The minimum absolute atomic E-state index is 0.0556. The second kappa shape index (κ2) is 9.88. The molecule has 1 amide bonds. The number of amides is 1. The highest BCUT2D eigenvalue weighted by Crippen LogP contribution is 2.16. The number of anilines is 1. The van der Waals surface area contributed by atoms with E-state index in [0.29, 0.717) is 44.0 Å². The van der Waals surface area contributed by atoms with Gasteiger partial charge in [-0.05, 0) is 18.6 Å². The number of nitro benzene ring substituents is 1. The molecule has 168 valence electrons. The van der Waals surface area contributed by atoms with Crippen molar-refractivity contribution in [3.63, 3.8) is 0 Å². The lowest BCUT2D eigenvalue weighted by Gasteiger charge is -2.34. The summed E-state index contributed by atoms with van der Waals surface area (Å²) in [4.78, 5) is 44.2. The Morgan fingerprint density at radius 2 is 1.94 bits per heavy atom. The number of nitrogens with one attached hydrogen (secondary N) is 1. The Morgan fingerprint density at radius 3 is 2.66 bits per heavy atom. The van der Waals surface area contributed by atoms with Crippen LogP contribution in [0.2, 0.25) is 0 Å². The molecule has 1 saturated heterocycles. The first-order valence-corrected chi connectivity index (χ1v) is 11.3. The molecule has 0 bridgehead atoms. The van der Waals surface area contributed by atoms with Crippen LogP contribution in [0.15, 0.2) is 46.7 Å². The average molecular weight is 457 g/mol. The fraction of sp³-hybridized carbons (Fsp3) is 0.381. The first-order valence-electron chi connectivity index (χ1n) is 10.4. The van der Waals surface area contributed by atoms with Crippen LogP contribution < -0.4 is 10.9 Å². The highest BCUT2D eigenvalue weighted by Gasteiger charge is 2.21. The fourth-order valence-electron chi connectivity index (χ4n) is 3.68. The Balaban J connectivity index is 1.18. The van der Waals surface area contributed by atoms with Crippen LogP contribution in [0, 0.1) is 10.1 Å². The Labute approximate surface area is 188 Å². The highest BCUT2D eigenvalue weighted by molar-refractivity contribution is 7.15. The highest BCUT2D eigenvalue weighted by atomic mass is 32.1. The number of hydrogen-bond acceptors (Lipinski definition) is 8. The second-order valence-corrected chi connectivity index (χ2v) is 8.51. The summed E-state index contributed by atoms with van der Waals surface area (Å²) in [6.07, 6.45) is 2.86. The number of hydrogen-bond donors (Lipinski definition) is 1. The number of piperazine rings is 1. The van der Waals surface area contributed by atoms with Gasteiger partial charge in [-0.15, -0.1) is 11.3 Å². The van der Waals surface area contributed by atoms with Crippen molar-refractivity contribution >= 4 is 33.6 Å². The summed E-state index contributed by atoms with van der Waals surface area (Å²) < 4.78 is 1.54. The van der Waals surface area contributed by atoms with Gasteiger partial charge in [-0.25, -0.2) is 4.98 Å². The molecule has 1 aromatic carbocycles. The Kier molecular flexibility index (Phi) is 6.76. The van der Waals surface area contributed by atoms with E-state index in [1.54, 1.807) is 28.8 Å². The van der Waals surface area contributed by atoms with Crippen LogP contribution in [-0.2, 0) is 11.3 Å². The first kappa shape index (κ1) is 21.9. The van der Waals surface area contributed by atoms with Crippen molar-refractivity contribution in [2.24, 2.45) is 0 Å². The van der Waals surface area contributed by atoms with E-state index < -0.39 is 4.92 Å². The average Bonchev–Trinajstić information content (AvgIpc) is 3.27. The van der Waals surface area contributed by atoms with Gasteiger partial charge < -0.3 is 10.2 Å². The van der Waals surface area contributed by atoms with E-state index in [1.165, 1.54) is 23.5 Å². The van der Waals surface area contributed by atoms with Crippen molar-refractivity contribution in [1.29, 1.82) is 0 Å². The maximum atomic E-state index is 12.5. The van der Waals surface area contributed by atoms with Crippen molar-refractivity contribution in [2.75, 3.05) is 38.0 Å². The summed E-state index contributed by atoms with van der Waals surface area (Å²) in [6.45, 7) is 4.04. The second-order valence-electron chi connectivity index (χ2n) is 7.63. The number of thiazole rings is 1. The van der Waals surface area contributed by atoms with E-state index in [9.17, 15) is 19.7 Å². The summed E-state index contributed by atoms with van der Waals surface area (Å²) in [5.74, 6) is 0.131. The number of carbonyl (C=O) groups is 1. The summed E-state index contributed by atoms with van der Waals surface area (Å²) in [7, 11) is 0. The third-order valence-electron chi connectivity index (χ3n) is 5.44. The molecule has 32 heavy (non-hydrogen) atoms. The van der Waals surface area contributed by atoms with E-state index in [1.807, 2.05) is 10.3 Å². The van der Waals surface area contributed by atoms with Crippen LogP contribution >= 0.6 is 11.3 Å². The molecular formula is C21H24N6O4S. The number of aromatic nitrogens is 2. The summed E-state index contributed by atoms with van der Waals surface area (Å²) in [6, 6.07) is 7.82. The number of carbonyl (C=O) groups excluding carboxylic acids is 1. The molecule has 2 aromatic heterocycles. The first-order chi connectivity index (χ1) is 15.5. The molecule has 1 fully saturated rings. The molecule has 11 heteroatoms. The van der Waals surface area contributed by atoms with Crippen LogP contribution in [0.4, 0.5) is 11.4 Å². The van der Waals surface area contributed by atoms with Crippen molar-refractivity contribution in [1.82, 2.24) is 19.2 Å². The molecule has 0 saturated carbocycles. The van der Waals surface area contributed by atoms with Crippen LogP contribution in [-0.4, -0.2) is 62.7 Å². The molecule has 1 aliphatic rings. The molecule has 0 atom stereocenters. The zero-order chi connectivity index (χ0) is 22.5. The molecule has 4 rings (SSSR count). The molecule has 1 aliphatic heterocycles. The van der Waals surface area contributed by atoms with Crippen LogP contribution in [0.1, 0.15) is 18.5 Å². The van der Waals surface area contributed by atoms with Crippen molar-refractivity contribution in [3.8, 4) is 0 Å². The molecule has 0 radical (unpaired) electrons. The zero-order valence-electron chi connectivity index (χ0n) is 17.5. The molecule has 0 spiro atoms. The third kappa shape index (κ3) is 5.29. The Hall–Kier alpha value is -3.31. The number of benzene rings is 1. The number of rotatable bonds is 8. The van der Waals surface area contributed by atoms with E-state index in [-0.39, 0.29) is 17.2 Å². The Morgan fingerprint density at radius 1 is 1.19 bits per heavy atom. The monoisotopic (exact) mass is 456 g/mol. The van der Waals surface area contributed by atoms with Crippen LogP contribution in [0.5, 0.6) is 0 Å². The maximum Gasteiger partial charge on any atom is 0.269 e. The van der Waals surface area contributed by atoms with Crippen molar-refractivity contribution in [3.05, 3.63) is 68.1 Å². The predicted molar refractivity (Wildman–Crippen MR) is 122 cm³/mol. The number of nitrogens with zero attached hydrogens (tertiary/aromatic N) is 5. The minimum atomic E-state index is -0.429.